The number of nitrogens with zero attached hydrogens (tertiary/aromatic N) is 1. The van der Waals surface area contributed by atoms with E-state index in [9.17, 15) is 5.11 Å². The van der Waals surface area contributed by atoms with E-state index >= 15 is 0 Å². The highest BCUT2D eigenvalue weighted by Crippen LogP contribution is 2.42. The summed E-state index contributed by atoms with van der Waals surface area (Å²) in [5.74, 6) is 0. The van der Waals surface area contributed by atoms with Crippen molar-refractivity contribution in [2.75, 3.05) is 6.54 Å². The van der Waals surface area contributed by atoms with Crippen molar-refractivity contribution < 1.29 is 5.11 Å². The number of rotatable bonds is 2. The van der Waals surface area contributed by atoms with Crippen LogP contribution in [0.4, 0.5) is 0 Å². The molecule has 18 heavy (non-hydrogen) atoms. The second kappa shape index (κ2) is 5.02. The van der Waals surface area contributed by atoms with Crippen LogP contribution in [0.1, 0.15) is 44.1 Å². The Balaban J connectivity index is 1.71. The fraction of sp³-hybridized carbons (Fsp3) is 0.625. The minimum absolute atomic E-state index is 0.0465. The number of hydrogen-bond donors (Lipinski definition) is 1. The maximum Gasteiger partial charge on any atom is 0.0541 e. The Kier molecular flexibility index (Phi) is 3.40. The molecule has 1 aromatic rings. The van der Waals surface area contributed by atoms with E-state index < -0.39 is 0 Å². The number of aliphatic hydroxyl groups excluding tert-OH is 1. The Morgan fingerprint density at radius 2 is 1.83 bits per heavy atom. The Hall–Kier alpha value is -0.860. The van der Waals surface area contributed by atoms with Gasteiger partial charge < -0.3 is 5.11 Å². The number of hydrogen-bond acceptors (Lipinski definition) is 2. The molecule has 1 heterocycles. The maximum absolute atomic E-state index is 9.71. The van der Waals surface area contributed by atoms with E-state index in [0.29, 0.717) is 5.54 Å². The third-order valence-electron chi connectivity index (χ3n) is 4.84. The van der Waals surface area contributed by atoms with Gasteiger partial charge in [0.25, 0.3) is 0 Å². The average molecular weight is 245 g/mol. The van der Waals surface area contributed by atoms with Crippen molar-refractivity contribution in [1.29, 1.82) is 0 Å². The number of likely N-dealkylation sites (tertiary alicyclic amines) is 1. The molecule has 1 aliphatic heterocycles. The predicted molar refractivity (Wildman–Crippen MR) is 73.3 cm³/mol. The van der Waals surface area contributed by atoms with Gasteiger partial charge in [0.15, 0.2) is 0 Å². The van der Waals surface area contributed by atoms with E-state index in [1.54, 1.807) is 0 Å². The summed E-state index contributed by atoms with van der Waals surface area (Å²) in [6, 6.07) is 10.8. The summed E-state index contributed by atoms with van der Waals surface area (Å²) in [6.07, 6.45) is 6.95. The van der Waals surface area contributed by atoms with Gasteiger partial charge in [-0.25, -0.2) is 0 Å². The molecule has 1 aliphatic carbocycles. The average Bonchev–Trinajstić information content (AvgIpc) is 2.78. The van der Waals surface area contributed by atoms with Crippen LogP contribution < -0.4 is 0 Å². The van der Waals surface area contributed by atoms with Gasteiger partial charge in [-0.15, -0.1) is 0 Å². The Bertz CT molecular complexity index is 381. The minimum atomic E-state index is -0.0465. The first-order valence-corrected chi connectivity index (χ1v) is 7.26. The summed E-state index contributed by atoms with van der Waals surface area (Å²) < 4.78 is 0. The lowest BCUT2D eigenvalue weighted by molar-refractivity contribution is 0.0275. The van der Waals surface area contributed by atoms with Crippen LogP contribution in [0.5, 0.6) is 0 Å². The lowest BCUT2D eigenvalue weighted by Crippen LogP contribution is -2.46. The lowest BCUT2D eigenvalue weighted by atomic mass is 9.78. The van der Waals surface area contributed by atoms with Gasteiger partial charge >= 0.3 is 0 Å². The highest BCUT2D eigenvalue weighted by Gasteiger charge is 2.42. The van der Waals surface area contributed by atoms with Crippen molar-refractivity contribution in [2.24, 2.45) is 0 Å². The van der Waals surface area contributed by atoms with Crippen molar-refractivity contribution in [3.05, 3.63) is 35.9 Å². The van der Waals surface area contributed by atoms with Gasteiger partial charge in [0.05, 0.1) is 6.10 Å². The minimum Gasteiger partial charge on any atom is -0.393 e. The lowest BCUT2D eigenvalue weighted by Gasteiger charge is -2.43. The predicted octanol–water partition coefficient (Wildman–Crippen LogP) is 2.96. The SMILES string of the molecule is OC1CCC2(CCCN2Cc2ccccc2)CC1. The van der Waals surface area contributed by atoms with Crippen molar-refractivity contribution in [3.63, 3.8) is 0 Å². The number of benzene rings is 1. The summed E-state index contributed by atoms with van der Waals surface area (Å²) in [7, 11) is 0. The molecule has 0 atom stereocenters. The van der Waals surface area contributed by atoms with Crippen LogP contribution in [-0.4, -0.2) is 28.2 Å². The zero-order chi connectivity index (χ0) is 12.4. The Labute approximate surface area is 110 Å². The van der Waals surface area contributed by atoms with Gasteiger partial charge in [0.1, 0.15) is 0 Å². The summed E-state index contributed by atoms with van der Waals surface area (Å²) in [5.41, 5.74) is 1.82. The third kappa shape index (κ3) is 2.32. The summed E-state index contributed by atoms with van der Waals surface area (Å²) in [5, 5.41) is 9.71. The molecule has 1 saturated carbocycles. The molecule has 0 amide bonds. The van der Waals surface area contributed by atoms with Crippen LogP contribution >= 0.6 is 0 Å². The molecular weight excluding hydrogens is 222 g/mol. The summed E-state index contributed by atoms with van der Waals surface area (Å²) >= 11 is 0. The van der Waals surface area contributed by atoms with Gasteiger partial charge in [0.2, 0.25) is 0 Å². The van der Waals surface area contributed by atoms with Crippen LogP contribution in [0.25, 0.3) is 0 Å². The van der Waals surface area contributed by atoms with E-state index in [1.807, 2.05) is 0 Å². The van der Waals surface area contributed by atoms with Gasteiger partial charge in [-0.05, 0) is 50.6 Å². The first-order valence-electron chi connectivity index (χ1n) is 7.26. The van der Waals surface area contributed by atoms with Gasteiger partial charge in [-0.3, -0.25) is 4.90 Å². The topological polar surface area (TPSA) is 23.5 Å². The van der Waals surface area contributed by atoms with E-state index in [4.69, 9.17) is 0 Å². The standard InChI is InChI=1S/C16H23NO/c18-15-7-10-16(11-8-15)9-4-12-17(16)13-14-5-2-1-3-6-14/h1-3,5-6,15,18H,4,7-13H2. The highest BCUT2D eigenvalue weighted by atomic mass is 16.3. The smallest absolute Gasteiger partial charge is 0.0541 e. The van der Waals surface area contributed by atoms with Crippen LogP contribution in [-0.2, 0) is 6.54 Å². The maximum atomic E-state index is 9.71. The molecule has 1 saturated heterocycles. The molecule has 0 aromatic heterocycles. The van der Waals surface area contributed by atoms with Crippen molar-refractivity contribution in [2.45, 2.75) is 56.7 Å². The fourth-order valence-corrected chi connectivity index (χ4v) is 3.75. The van der Waals surface area contributed by atoms with E-state index in [2.05, 4.69) is 35.2 Å². The molecule has 1 spiro atoms. The first kappa shape index (κ1) is 12.2. The molecule has 1 aromatic carbocycles. The third-order valence-corrected chi connectivity index (χ3v) is 4.84. The molecule has 2 fully saturated rings. The van der Waals surface area contributed by atoms with E-state index in [0.717, 1.165) is 19.4 Å². The zero-order valence-electron chi connectivity index (χ0n) is 11.0. The van der Waals surface area contributed by atoms with E-state index in [1.165, 1.54) is 37.8 Å². The monoisotopic (exact) mass is 245 g/mol. The normalized spacial score (nSPS) is 33.1. The quantitative estimate of drug-likeness (QED) is 0.866. The molecule has 1 N–H and O–H groups in total. The van der Waals surface area contributed by atoms with Crippen LogP contribution in [0.3, 0.4) is 0 Å². The zero-order valence-corrected chi connectivity index (χ0v) is 11.0. The van der Waals surface area contributed by atoms with Crippen LogP contribution in [0.15, 0.2) is 30.3 Å². The van der Waals surface area contributed by atoms with Gasteiger partial charge in [0, 0.05) is 12.1 Å². The van der Waals surface area contributed by atoms with Crippen molar-refractivity contribution in [3.8, 4) is 0 Å². The largest absolute Gasteiger partial charge is 0.393 e. The molecule has 0 unspecified atom stereocenters. The van der Waals surface area contributed by atoms with Crippen LogP contribution in [0.2, 0.25) is 0 Å². The Morgan fingerprint density at radius 1 is 1.11 bits per heavy atom. The number of aliphatic hydroxyl groups is 1. The molecule has 0 bridgehead atoms. The second-order valence-corrected chi connectivity index (χ2v) is 5.97. The molecule has 2 aliphatic rings. The summed E-state index contributed by atoms with van der Waals surface area (Å²) in [4.78, 5) is 2.67. The molecular formula is C16H23NO. The Morgan fingerprint density at radius 3 is 2.56 bits per heavy atom. The van der Waals surface area contributed by atoms with Crippen LogP contribution in [0, 0.1) is 0 Å². The first-order chi connectivity index (χ1) is 8.78. The summed E-state index contributed by atoms with van der Waals surface area (Å²) in [6.45, 7) is 2.31. The van der Waals surface area contributed by atoms with Gasteiger partial charge in [-0.2, -0.15) is 0 Å². The van der Waals surface area contributed by atoms with Gasteiger partial charge in [-0.1, -0.05) is 30.3 Å². The van der Waals surface area contributed by atoms with E-state index in [-0.39, 0.29) is 6.10 Å². The molecule has 2 heteroatoms. The highest BCUT2D eigenvalue weighted by molar-refractivity contribution is 5.15. The second-order valence-electron chi connectivity index (χ2n) is 5.97. The molecule has 98 valence electrons. The molecule has 2 nitrogen and oxygen atoms in total. The molecule has 0 radical (unpaired) electrons. The van der Waals surface area contributed by atoms with Crippen molar-refractivity contribution >= 4 is 0 Å². The molecule has 3 rings (SSSR count). The van der Waals surface area contributed by atoms with Crippen molar-refractivity contribution in [1.82, 2.24) is 4.90 Å². The fourth-order valence-electron chi connectivity index (χ4n) is 3.75.